The molecule has 1 aliphatic carbocycles. The highest BCUT2D eigenvalue weighted by atomic mass is 16.7. The van der Waals surface area contributed by atoms with Gasteiger partial charge in [0.2, 0.25) is 12.5 Å². The molecular weight excluding hydrogens is 438 g/mol. The van der Waals surface area contributed by atoms with Crippen molar-refractivity contribution in [2.75, 3.05) is 13.9 Å². The first kappa shape index (κ1) is 23.5. The molecule has 4 rings (SSSR count). The lowest BCUT2D eigenvalue weighted by Crippen LogP contribution is -2.46. The first-order valence-corrected chi connectivity index (χ1v) is 11.1. The largest absolute Gasteiger partial charge is 0.493 e. The van der Waals surface area contributed by atoms with Crippen LogP contribution < -0.4 is 19.5 Å². The lowest BCUT2D eigenvalue weighted by molar-refractivity contribution is -0.116. The van der Waals surface area contributed by atoms with Gasteiger partial charge in [0.05, 0.1) is 13.2 Å². The van der Waals surface area contributed by atoms with Gasteiger partial charge in [-0.05, 0) is 44.0 Å². The predicted octanol–water partition coefficient (Wildman–Crippen LogP) is 4.47. The molecule has 0 radical (unpaired) electrons. The zero-order valence-electron chi connectivity index (χ0n) is 19.8. The Balaban J connectivity index is 1.67. The van der Waals surface area contributed by atoms with Crippen LogP contribution in [0.25, 0.3) is 0 Å². The molecule has 8 nitrogen and oxygen atoms in total. The van der Waals surface area contributed by atoms with Crippen molar-refractivity contribution >= 4 is 11.9 Å². The summed E-state index contributed by atoms with van der Waals surface area (Å²) in [4.78, 5) is 25.5. The van der Waals surface area contributed by atoms with Gasteiger partial charge < -0.3 is 29.0 Å². The summed E-state index contributed by atoms with van der Waals surface area (Å²) in [7, 11) is 1.54. The van der Waals surface area contributed by atoms with Crippen molar-refractivity contribution in [3.8, 4) is 17.2 Å². The minimum atomic E-state index is -0.680. The molecular formula is C26H29NO7. The lowest BCUT2D eigenvalue weighted by Gasteiger charge is -2.33. The van der Waals surface area contributed by atoms with E-state index in [0.717, 1.165) is 11.1 Å². The van der Waals surface area contributed by atoms with Crippen LogP contribution in [-0.2, 0) is 20.9 Å². The number of ether oxygens (including phenoxy) is 5. The van der Waals surface area contributed by atoms with E-state index in [1.54, 1.807) is 26.8 Å². The molecule has 2 atom stereocenters. The van der Waals surface area contributed by atoms with Gasteiger partial charge in [-0.3, -0.25) is 4.79 Å². The number of hydrogen-bond acceptors (Lipinski definition) is 7. The molecule has 1 aliphatic heterocycles. The number of hydrogen-bond donors (Lipinski definition) is 1. The molecule has 2 aromatic rings. The zero-order chi connectivity index (χ0) is 24.3. The average Bonchev–Trinajstić information content (AvgIpc) is 3.26. The fourth-order valence-electron chi connectivity index (χ4n) is 3.99. The van der Waals surface area contributed by atoms with E-state index in [0.29, 0.717) is 23.0 Å². The van der Waals surface area contributed by atoms with Crippen molar-refractivity contribution in [2.45, 2.75) is 51.4 Å². The summed E-state index contributed by atoms with van der Waals surface area (Å²) in [6.45, 7) is 5.72. The zero-order valence-corrected chi connectivity index (χ0v) is 19.8. The van der Waals surface area contributed by atoms with Gasteiger partial charge in [0.15, 0.2) is 17.3 Å². The third kappa shape index (κ3) is 5.44. The van der Waals surface area contributed by atoms with Gasteiger partial charge >= 0.3 is 6.09 Å². The number of ketones is 1. The van der Waals surface area contributed by atoms with Crippen LogP contribution in [0.15, 0.2) is 54.3 Å². The molecule has 0 unspecified atom stereocenters. The lowest BCUT2D eigenvalue weighted by atomic mass is 9.81. The van der Waals surface area contributed by atoms with E-state index in [4.69, 9.17) is 23.7 Å². The minimum absolute atomic E-state index is 0.0870. The number of allylic oxidation sites excluding steroid dienone is 1. The molecule has 1 N–H and O–H groups in total. The van der Waals surface area contributed by atoms with E-state index >= 15 is 0 Å². The normalized spacial score (nSPS) is 19.3. The number of amides is 1. The molecule has 0 saturated carbocycles. The van der Waals surface area contributed by atoms with Crippen LogP contribution in [0.4, 0.5) is 4.79 Å². The minimum Gasteiger partial charge on any atom is -0.493 e. The second kappa shape index (κ2) is 9.67. The van der Waals surface area contributed by atoms with Crippen LogP contribution in [0.3, 0.4) is 0 Å². The number of alkyl carbamates (subject to hydrolysis) is 1. The van der Waals surface area contributed by atoms with Crippen LogP contribution in [0.2, 0.25) is 0 Å². The summed E-state index contributed by atoms with van der Waals surface area (Å²) in [6.07, 6.45) is 1.02. The number of carbonyl (C=O) groups excluding carboxylic acids is 2. The Labute approximate surface area is 198 Å². The third-order valence-electron chi connectivity index (χ3n) is 5.46. The number of rotatable bonds is 6. The molecule has 0 saturated heterocycles. The maximum Gasteiger partial charge on any atom is 0.408 e. The van der Waals surface area contributed by atoms with Crippen molar-refractivity contribution in [2.24, 2.45) is 0 Å². The van der Waals surface area contributed by atoms with E-state index < -0.39 is 23.7 Å². The number of benzene rings is 2. The summed E-state index contributed by atoms with van der Waals surface area (Å²) >= 11 is 0. The van der Waals surface area contributed by atoms with Gasteiger partial charge in [0.1, 0.15) is 18.0 Å². The van der Waals surface area contributed by atoms with Crippen molar-refractivity contribution in [3.05, 3.63) is 65.4 Å². The summed E-state index contributed by atoms with van der Waals surface area (Å²) in [5.41, 5.74) is 1.02. The summed E-state index contributed by atoms with van der Waals surface area (Å²) in [5.74, 6) is 1.37. The van der Waals surface area contributed by atoms with E-state index in [-0.39, 0.29) is 25.6 Å². The Morgan fingerprint density at radius 3 is 2.62 bits per heavy atom. The van der Waals surface area contributed by atoms with Crippen LogP contribution >= 0.6 is 0 Å². The van der Waals surface area contributed by atoms with Crippen LogP contribution in [-0.4, -0.2) is 37.4 Å². The molecule has 180 valence electrons. The summed E-state index contributed by atoms with van der Waals surface area (Å²) in [6, 6.07) is 12.6. The van der Waals surface area contributed by atoms with Crippen LogP contribution in [0.5, 0.6) is 17.2 Å². The Kier molecular flexibility index (Phi) is 6.68. The second-order valence-corrected chi connectivity index (χ2v) is 9.18. The Hall–Kier alpha value is -3.68. The van der Waals surface area contributed by atoms with Crippen molar-refractivity contribution < 1.29 is 33.3 Å². The predicted molar refractivity (Wildman–Crippen MR) is 124 cm³/mol. The smallest absolute Gasteiger partial charge is 0.408 e. The van der Waals surface area contributed by atoms with Crippen LogP contribution in [0.1, 0.15) is 44.2 Å². The first-order chi connectivity index (χ1) is 16.2. The summed E-state index contributed by atoms with van der Waals surface area (Å²) < 4.78 is 28.1. The van der Waals surface area contributed by atoms with Gasteiger partial charge in [0, 0.05) is 18.4 Å². The highest BCUT2D eigenvalue weighted by molar-refractivity contribution is 5.92. The number of carbonyl (C=O) groups is 2. The Morgan fingerprint density at radius 1 is 1.15 bits per heavy atom. The fraction of sp³-hybridized carbons (Fsp3) is 0.385. The van der Waals surface area contributed by atoms with Gasteiger partial charge in [-0.2, -0.15) is 0 Å². The number of nitrogens with one attached hydrogen (secondary N) is 1. The van der Waals surface area contributed by atoms with Gasteiger partial charge in [0.25, 0.3) is 0 Å². The molecule has 0 spiro atoms. The molecule has 0 aromatic heterocycles. The Morgan fingerprint density at radius 2 is 1.91 bits per heavy atom. The molecule has 2 aliphatic rings. The van der Waals surface area contributed by atoms with E-state index in [2.05, 4.69) is 5.32 Å². The number of fused-ring (bicyclic) bond motifs is 1. The van der Waals surface area contributed by atoms with Crippen LogP contribution in [0, 0.1) is 0 Å². The van der Waals surface area contributed by atoms with E-state index in [9.17, 15) is 9.59 Å². The topological polar surface area (TPSA) is 92.3 Å². The molecule has 34 heavy (non-hydrogen) atoms. The maximum atomic E-state index is 12.7. The first-order valence-electron chi connectivity index (χ1n) is 11.1. The SMILES string of the molecule is COc1cc([C@H]2CC(=O)C=C(OCc3ccccc3)[C@@H]2NC(=O)OC(C)(C)C)cc2c1OCO2. The second-order valence-electron chi connectivity index (χ2n) is 9.18. The highest BCUT2D eigenvalue weighted by Crippen LogP contribution is 2.45. The quantitative estimate of drug-likeness (QED) is 0.670. The van der Waals surface area contributed by atoms with Gasteiger partial charge in [-0.25, -0.2) is 4.79 Å². The average molecular weight is 468 g/mol. The molecule has 2 aromatic carbocycles. The Bertz CT molecular complexity index is 1090. The monoisotopic (exact) mass is 467 g/mol. The molecule has 8 heteroatoms. The molecule has 0 fully saturated rings. The number of methoxy groups -OCH3 is 1. The van der Waals surface area contributed by atoms with Crippen molar-refractivity contribution in [1.82, 2.24) is 5.32 Å². The van der Waals surface area contributed by atoms with E-state index in [1.165, 1.54) is 13.2 Å². The molecule has 0 bridgehead atoms. The molecule has 1 amide bonds. The molecule has 1 heterocycles. The maximum absolute atomic E-state index is 12.7. The van der Waals surface area contributed by atoms with Gasteiger partial charge in [-0.15, -0.1) is 0 Å². The van der Waals surface area contributed by atoms with E-state index in [1.807, 2.05) is 36.4 Å². The standard InChI is InChI=1S/C26H29NO7/c1-26(2,3)34-25(29)27-23-19(17-10-21(30-4)24-22(11-17)32-15-33-24)12-18(28)13-20(23)31-14-16-8-6-5-7-9-16/h5-11,13,19,23H,12,14-15H2,1-4H3,(H,27,29)/t19-,23-/m1/s1. The van der Waals surface area contributed by atoms with Crippen molar-refractivity contribution in [1.29, 1.82) is 0 Å². The fourth-order valence-corrected chi connectivity index (χ4v) is 3.99. The van der Waals surface area contributed by atoms with Crippen molar-refractivity contribution in [3.63, 3.8) is 0 Å². The highest BCUT2D eigenvalue weighted by Gasteiger charge is 2.37. The van der Waals surface area contributed by atoms with Gasteiger partial charge in [-0.1, -0.05) is 30.3 Å². The third-order valence-corrected chi connectivity index (χ3v) is 5.46. The summed E-state index contributed by atoms with van der Waals surface area (Å²) in [5, 5.41) is 2.92.